The standard InChI is InChI=1S/C16H15BrN8/c17-13-12-10(9-18)21-15(22-14(12)24-23-13)25-7-4-16(19,5-8-25)11-3-1-2-6-20-11/h1-3,6H,4-5,7-8,19H2,(H,21,22,23,24). The predicted molar refractivity (Wildman–Crippen MR) is 95.6 cm³/mol. The first kappa shape index (κ1) is 15.9. The summed E-state index contributed by atoms with van der Waals surface area (Å²) in [6, 6.07) is 7.92. The van der Waals surface area contributed by atoms with Gasteiger partial charge >= 0.3 is 0 Å². The molecule has 0 bridgehead atoms. The molecule has 0 radical (unpaired) electrons. The number of nitrogens with one attached hydrogen (secondary N) is 1. The second-order valence-electron chi connectivity index (χ2n) is 6.08. The molecule has 3 aromatic rings. The zero-order valence-electron chi connectivity index (χ0n) is 13.3. The van der Waals surface area contributed by atoms with E-state index in [0.717, 1.165) is 18.5 Å². The molecule has 0 atom stereocenters. The Morgan fingerprint density at radius 1 is 1.28 bits per heavy atom. The molecule has 0 spiro atoms. The monoisotopic (exact) mass is 398 g/mol. The number of nitrogens with zero attached hydrogens (tertiary/aromatic N) is 6. The number of rotatable bonds is 2. The fourth-order valence-electron chi connectivity index (χ4n) is 3.12. The number of aromatic nitrogens is 5. The molecular formula is C16H15BrN8. The molecule has 8 nitrogen and oxygen atoms in total. The molecular weight excluding hydrogens is 384 g/mol. The number of hydrogen-bond donors (Lipinski definition) is 2. The number of aromatic amines is 1. The molecule has 9 heteroatoms. The van der Waals surface area contributed by atoms with Crippen molar-refractivity contribution in [2.24, 2.45) is 5.73 Å². The second-order valence-corrected chi connectivity index (χ2v) is 6.87. The first-order valence-corrected chi connectivity index (χ1v) is 8.67. The molecule has 3 aromatic heterocycles. The Morgan fingerprint density at radius 3 is 2.76 bits per heavy atom. The molecule has 25 heavy (non-hydrogen) atoms. The topological polar surface area (TPSA) is 120 Å². The van der Waals surface area contributed by atoms with Crippen molar-refractivity contribution in [3.8, 4) is 6.07 Å². The third-order valence-corrected chi connectivity index (χ3v) is 5.15. The summed E-state index contributed by atoms with van der Waals surface area (Å²) in [4.78, 5) is 15.3. The lowest BCUT2D eigenvalue weighted by Gasteiger charge is -2.38. The summed E-state index contributed by atoms with van der Waals surface area (Å²) < 4.78 is 0.611. The van der Waals surface area contributed by atoms with Crippen molar-refractivity contribution in [2.45, 2.75) is 18.4 Å². The first-order valence-electron chi connectivity index (χ1n) is 7.88. The van der Waals surface area contributed by atoms with E-state index in [1.807, 2.05) is 23.1 Å². The number of fused-ring (bicyclic) bond motifs is 1. The lowest BCUT2D eigenvalue weighted by Crippen LogP contribution is -2.49. The minimum atomic E-state index is -0.449. The highest BCUT2D eigenvalue weighted by molar-refractivity contribution is 9.10. The van der Waals surface area contributed by atoms with Crippen LogP contribution in [0.1, 0.15) is 24.2 Å². The number of anilines is 1. The molecule has 0 aliphatic carbocycles. The zero-order valence-corrected chi connectivity index (χ0v) is 14.9. The molecule has 1 aliphatic rings. The van der Waals surface area contributed by atoms with Gasteiger partial charge in [-0.05, 0) is 40.9 Å². The average Bonchev–Trinajstić information content (AvgIpc) is 3.03. The molecule has 0 amide bonds. The number of H-pyrrole nitrogens is 1. The SMILES string of the molecule is N#Cc1nc(N2CCC(N)(c3ccccn3)CC2)nc2n[nH]c(Br)c12. The molecule has 1 aliphatic heterocycles. The summed E-state index contributed by atoms with van der Waals surface area (Å²) in [7, 11) is 0. The molecule has 1 fully saturated rings. The Kier molecular flexibility index (Phi) is 3.86. The highest BCUT2D eigenvalue weighted by Gasteiger charge is 2.34. The van der Waals surface area contributed by atoms with Crippen LogP contribution in [0.4, 0.5) is 5.95 Å². The van der Waals surface area contributed by atoms with E-state index in [4.69, 9.17) is 5.73 Å². The third-order valence-electron chi connectivity index (χ3n) is 4.58. The van der Waals surface area contributed by atoms with Crippen LogP contribution in [-0.4, -0.2) is 38.2 Å². The van der Waals surface area contributed by atoms with Crippen molar-refractivity contribution >= 4 is 32.9 Å². The summed E-state index contributed by atoms with van der Waals surface area (Å²) in [6.07, 6.45) is 3.23. The van der Waals surface area contributed by atoms with Crippen LogP contribution in [-0.2, 0) is 5.54 Å². The molecule has 4 heterocycles. The molecule has 3 N–H and O–H groups in total. The van der Waals surface area contributed by atoms with Gasteiger partial charge in [-0.3, -0.25) is 10.1 Å². The number of pyridine rings is 1. The molecule has 0 aromatic carbocycles. The lowest BCUT2D eigenvalue weighted by atomic mass is 9.85. The predicted octanol–water partition coefficient (Wildman–Crippen LogP) is 1.84. The van der Waals surface area contributed by atoms with Crippen LogP contribution in [0.2, 0.25) is 0 Å². The van der Waals surface area contributed by atoms with Gasteiger partial charge in [-0.1, -0.05) is 6.07 Å². The Hall–Kier alpha value is -2.57. The lowest BCUT2D eigenvalue weighted by molar-refractivity contribution is 0.332. The van der Waals surface area contributed by atoms with Crippen molar-refractivity contribution in [2.75, 3.05) is 18.0 Å². The van der Waals surface area contributed by atoms with Crippen LogP contribution in [0.5, 0.6) is 0 Å². The molecule has 0 unspecified atom stereocenters. The van der Waals surface area contributed by atoms with Gasteiger partial charge < -0.3 is 10.6 Å². The van der Waals surface area contributed by atoms with Gasteiger partial charge in [0.05, 0.1) is 16.6 Å². The van der Waals surface area contributed by atoms with Crippen molar-refractivity contribution in [3.63, 3.8) is 0 Å². The minimum absolute atomic E-state index is 0.301. The van der Waals surface area contributed by atoms with E-state index in [1.165, 1.54) is 0 Å². The van der Waals surface area contributed by atoms with E-state index in [9.17, 15) is 5.26 Å². The highest BCUT2D eigenvalue weighted by Crippen LogP contribution is 2.31. The van der Waals surface area contributed by atoms with Gasteiger partial charge in [-0.15, -0.1) is 0 Å². The van der Waals surface area contributed by atoms with Crippen molar-refractivity contribution < 1.29 is 0 Å². The number of halogens is 1. The van der Waals surface area contributed by atoms with Crippen molar-refractivity contribution in [1.82, 2.24) is 25.1 Å². The number of piperidine rings is 1. The van der Waals surface area contributed by atoms with E-state index < -0.39 is 5.54 Å². The quantitative estimate of drug-likeness (QED) is 0.675. The Bertz CT molecular complexity index is 953. The summed E-state index contributed by atoms with van der Waals surface area (Å²) >= 11 is 3.33. The van der Waals surface area contributed by atoms with Gasteiger partial charge in [0, 0.05) is 19.3 Å². The van der Waals surface area contributed by atoms with Crippen LogP contribution in [0, 0.1) is 11.3 Å². The minimum Gasteiger partial charge on any atom is -0.341 e. The van der Waals surface area contributed by atoms with E-state index >= 15 is 0 Å². The largest absolute Gasteiger partial charge is 0.341 e. The smallest absolute Gasteiger partial charge is 0.228 e. The van der Waals surface area contributed by atoms with Crippen LogP contribution in [0.25, 0.3) is 11.0 Å². The second kappa shape index (κ2) is 6.06. The number of nitrogens with two attached hydrogens (primary N) is 1. The molecule has 0 saturated carbocycles. The molecule has 1 saturated heterocycles. The van der Waals surface area contributed by atoms with Gasteiger partial charge in [0.25, 0.3) is 0 Å². The van der Waals surface area contributed by atoms with Crippen molar-refractivity contribution in [3.05, 3.63) is 40.4 Å². The first-order chi connectivity index (χ1) is 12.1. The summed E-state index contributed by atoms with van der Waals surface area (Å²) in [5.74, 6) is 0.506. The van der Waals surface area contributed by atoms with Crippen LogP contribution in [0.15, 0.2) is 29.0 Å². The fourth-order valence-corrected chi connectivity index (χ4v) is 3.57. The average molecular weight is 399 g/mol. The normalized spacial score (nSPS) is 16.8. The maximum absolute atomic E-state index is 9.38. The zero-order chi connectivity index (χ0) is 17.4. The Labute approximate surface area is 152 Å². The summed E-state index contributed by atoms with van der Waals surface area (Å²) in [5.41, 5.74) is 7.79. The number of hydrogen-bond acceptors (Lipinski definition) is 7. The Balaban J connectivity index is 1.61. The van der Waals surface area contributed by atoms with E-state index in [0.29, 0.717) is 40.4 Å². The van der Waals surface area contributed by atoms with Crippen LogP contribution < -0.4 is 10.6 Å². The van der Waals surface area contributed by atoms with Crippen LogP contribution >= 0.6 is 15.9 Å². The summed E-state index contributed by atoms with van der Waals surface area (Å²) in [5, 5.41) is 16.9. The summed E-state index contributed by atoms with van der Waals surface area (Å²) in [6.45, 7) is 1.38. The van der Waals surface area contributed by atoms with Crippen LogP contribution in [0.3, 0.4) is 0 Å². The van der Waals surface area contributed by atoms with Gasteiger partial charge in [0.2, 0.25) is 5.95 Å². The number of nitriles is 1. The third kappa shape index (κ3) is 2.73. The Morgan fingerprint density at radius 2 is 2.08 bits per heavy atom. The maximum atomic E-state index is 9.38. The van der Waals surface area contributed by atoms with Gasteiger partial charge in [0.1, 0.15) is 10.7 Å². The highest BCUT2D eigenvalue weighted by atomic mass is 79.9. The molecule has 126 valence electrons. The maximum Gasteiger partial charge on any atom is 0.228 e. The van der Waals surface area contributed by atoms with E-state index in [1.54, 1.807) is 6.20 Å². The van der Waals surface area contributed by atoms with Gasteiger partial charge in [0.15, 0.2) is 11.3 Å². The van der Waals surface area contributed by atoms with Gasteiger partial charge in [-0.25, -0.2) is 4.98 Å². The van der Waals surface area contributed by atoms with E-state index in [2.05, 4.69) is 47.1 Å². The van der Waals surface area contributed by atoms with E-state index in [-0.39, 0.29) is 0 Å². The van der Waals surface area contributed by atoms with Crippen molar-refractivity contribution in [1.29, 1.82) is 5.26 Å². The van der Waals surface area contributed by atoms with Gasteiger partial charge in [-0.2, -0.15) is 15.3 Å². The molecule has 4 rings (SSSR count). The fraction of sp³-hybridized carbons (Fsp3) is 0.312.